The molecule has 10 heteroatoms. The first-order chi connectivity index (χ1) is 17.6. The zero-order chi connectivity index (χ0) is 25.8. The van der Waals surface area contributed by atoms with Gasteiger partial charge in [0.2, 0.25) is 0 Å². The SMILES string of the molecule is COc1ccc(C=NCCOCCOCCOCCOCCN=Cc2ccc(OC)cc2O)c(O)c1. The largest absolute Gasteiger partial charge is 0.507 e. The topological polar surface area (TPSA) is 121 Å². The zero-order valence-corrected chi connectivity index (χ0v) is 20.9. The summed E-state index contributed by atoms with van der Waals surface area (Å²) in [5.41, 5.74) is 1.26. The summed E-state index contributed by atoms with van der Waals surface area (Å²) in [6.45, 7) is 4.78. The van der Waals surface area contributed by atoms with Crippen molar-refractivity contribution >= 4 is 12.4 Å². The molecule has 198 valence electrons. The van der Waals surface area contributed by atoms with E-state index in [1.807, 2.05) is 0 Å². The maximum absolute atomic E-state index is 9.86. The summed E-state index contributed by atoms with van der Waals surface area (Å²) in [7, 11) is 3.10. The average molecular weight is 505 g/mol. The van der Waals surface area contributed by atoms with Gasteiger partial charge in [0.25, 0.3) is 0 Å². The summed E-state index contributed by atoms with van der Waals surface area (Å²) in [6, 6.07) is 10.1. The maximum atomic E-state index is 9.86. The molecule has 0 unspecified atom stereocenters. The van der Waals surface area contributed by atoms with Crippen LogP contribution >= 0.6 is 0 Å². The predicted octanol–water partition coefficient (Wildman–Crippen LogP) is 2.72. The fraction of sp³-hybridized carbons (Fsp3) is 0.462. The predicted molar refractivity (Wildman–Crippen MR) is 138 cm³/mol. The van der Waals surface area contributed by atoms with Crippen LogP contribution in [-0.4, -0.2) is 103 Å². The number of phenolic OH excluding ortho intramolecular Hbond substituents is 2. The second kappa shape index (κ2) is 18.1. The van der Waals surface area contributed by atoms with Gasteiger partial charge in [0.05, 0.1) is 80.2 Å². The van der Waals surface area contributed by atoms with Crippen LogP contribution in [0.1, 0.15) is 11.1 Å². The number of ether oxygens (including phenoxy) is 6. The Bertz CT molecular complexity index is 861. The number of benzene rings is 2. The van der Waals surface area contributed by atoms with Gasteiger partial charge in [-0.3, -0.25) is 9.98 Å². The summed E-state index contributed by atoms with van der Waals surface area (Å²) in [5, 5.41) is 19.7. The Kier molecular flexibility index (Phi) is 14.6. The molecule has 0 bridgehead atoms. The van der Waals surface area contributed by atoms with Crippen molar-refractivity contribution < 1.29 is 38.6 Å². The van der Waals surface area contributed by atoms with Gasteiger partial charge in [0, 0.05) is 35.7 Å². The fourth-order valence-electron chi connectivity index (χ4n) is 2.84. The first kappa shape index (κ1) is 29.1. The molecule has 0 atom stereocenters. The summed E-state index contributed by atoms with van der Waals surface area (Å²) in [5.74, 6) is 1.44. The lowest BCUT2D eigenvalue weighted by atomic mass is 10.2. The number of aliphatic imine (C=N–C) groups is 2. The number of methoxy groups -OCH3 is 2. The Labute approximate surface area is 212 Å². The van der Waals surface area contributed by atoms with Crippen LogP contribution in [0.2, 0.25) is 0 Å². The molecule has 0 radical (unpaired) electrons. The Hall–Kier alpha value is -3.18. The van der Waals surface area contributed by atoms with Crippen LogP contribution in [0.25, 0.3) is 0 Å². The van der Waals surface area contributed by atoms with Crippen molar-refractivity contribution in [2.45, 2.75) is 0 Å². The number of nitrogens with zero attached hydrogens (tertiary/aromatic N) is 2. The quantitative estimate of drug-likeness (QED) is 0.221. The highest BCUT2D eigenvalue weighted by molar-refractivity contribution is 5.84. The molecule has 36 heavy (non-hydrogen) atoms. The van der Waals surface area contributed by atoms with E-state index >= 15 is 0 Å². The minimum atomic E-state index is 0.123. The Morgan fingerprint density at radius 1 is 0.583 bits per heavy atom. The molecule has 0 saturated carbocycles. The van der Waals surface area contributed by atoms with Crippen molar-refractivity contribution in [3.63, 3.8) is 0 Å². The van der Waals surface area contributed by atoms with E-state index in [1.54, 1.807) is 63.0 Å². The standard InChI is InChI=1S/C26H36N2O8/c1-31-23-5-3-21(25(29)17-23)19-27-7-9-33-11-13-35-15-16-36-14-12-34-10-8-28-20-22-4-6-24(32-2)18-26(22)30/h3-6,17-20,29-30H,7-16H2,1-2H3. The molecule has 0 aliphatic carbocycles. The molecule has 0 aliphatic rings. The molecule has 0 spiro atoms. The second-order valence-electron chi connectivity index (χ2n) is 7.37. The van der Waals surface area contributed by atoms with E-state index in [0.717, 1.165) is 0 Å². The third-order valence-electron chi connectivity index (χ3n) is 4.78. The zero-order valence-electron chi connectivity index (χ0n) is 20.9. The third kappa shape index (κ3) is 12.0. The number of hydrogen-bond donors (Lipinski definition) is 2. The summed E-state index contributed by atoms with van der Waals surface area (Å²) < 4.78 is 31.9. The van der Waals surface area contributed by atoms with Crippen LogP contribution in [-0.2, 0) is 18.9 Å². The van der Waals surface area contributed by atoms with Gasteiger partial charge in [-0.05, 0) is 24.3 Å². The Balaban J connectivity index is 1.35. The molecule has 2 rings (SSSR count). The van der Waals surface area contributed by atoms with Gasteiger partial charge in [-0.2, -0.15) is 0 Å². The number of phenols is 2. The monoisotopic (exact) mass is 504 g/mol. The molecule has 10 nitrogen and oxygen atoms in total. The smallest absolute Gasteiger partial charge is 0.128 e. The van der Waals surface area contributed by atoms with Crippen LogP contribution in [0.5, 0.6) is 23.0 Å². The van der Waals surface area contributed by atoms with Crippen LogP contribution in [0, 0.1) is 0 Å². The molecule has 2 N–H and O–H groups in total. The van der Waals surface area contributed by atoms with Gasteiger partial charge in [-0.25, -0.2) is 0 Å². The molecule has 0 aromatic heterocycles. The molecule has 0 fully saturated rings. The first-order valence-corrected chi connectivity index (χ1v) is 11.7. The molecular weight excluding hydrogens is 468 g/mol. The average Bonchev–Trinajstić information content (AvgIpc) is 2.89. The molecular formula is C26H36N2O8. The molecule has 0 saturated heterocycles. The van der Waals surface area contributed by atoms with Gasteiger partial charge in [-0.1, -0.05) is 0 Å². The van der Waals surface area contributed by atoms with E-state index in [1.165, 1.54) is 0 Å². The summed E-state index contributed by atoms with van der Waals surface area (Å²) in [6.07, 6.45) is 3.22. The molecule has 0 heterocycles. The second-order valence-corrected chi connectivity index (χ2v) is 7.37. The lowest BCUT2D eigenvalue weighted by Crippen LogP contribution is -2.13. The lowest BCUT2D eigenvalue weighted by molar-refractivity contribution is -0.0000824. The van der Waals surface area contributed by atoms with Crippen LogP contribution in [0.4, 0.5) is 0 Å². The van der Waals surface area contributed by atoms with Crippen LogP contribution in [0.3, 0.4) is 0 Å². The van der Waals surface area contributed by atoms with E-state index in [2.05, 4.69) is 9.98 Å². The first-order valence-electron chi connectivity index (χ1n) is 11.7. The molecule has 0 amide bonds. The minimum absolute atomic E-state index is 0.123. The minimum Gasteiger partial charge on any atom is -0.507 e. The van der Waals surface area contributed by atoms with Crippen LogP contribution < -0.4 is 9.47 Å². The summed E-state index contributed by atoms with van der Waals surface area (Å²) >= 11 is 0. The maximum Gasteiger partial charge on any atom is 0.128 e. The third-order valence-corrected chi connectivity index (χ3v) is 4.78. The van der Waals surface area contributed by atoms with Crippen molar-refractivity contribution in [2.24, 2.45) is 9.98 Å². The van der Waals surface area contributed by atoms with Gasteiger partial charge >= 0.3 is 0 Å². The normalized spacial score (nSPS) is 11.5. The van der Waals surface area contributed by atoms with Crippen molar-refractivity contribution in [3.05, 3.63) is 47.5 Å². The van der Waals surface area contributed by atoms with Gasteiger partial charge < -0.3 is 38.6 Å². The van der Waals surface area contributed by atoms with E-state index in [0.29, 0.717) is 88.6 Å². The number of rotatable bonds is 19. The lowest BCUT2D eigenvalue weighted by Gasteiger charge is -2.07. The fourth-order valence-corrected chi connectivity index (χ4v) is 2.84. The van der Waals surface area contributed by atoms with Crippen molar-refractivity contribution in [1.29, 1.82) is 0 Å². The molecule has 2 aromatic carbocycles. The van der Waals surface area contributed by atoms with Gasteiger partial charge in [-0.15, -0.1) is 0 Å². The van der Waals surface area contributed by atoms with E-state index < -0.39 is 0 Å². The van der Waals surface area contributed by atoms with Crippen LogP contribution in [0.15, 0.2) is 46.4 Å². The highest BCUT2D eigenvalue weighted by Gasteiger charge is 2.01. The highest BCUT2D eigenvalue weighted by Crippen LogP contribution is 2.22. The number of hydrogen-bond acceptors (Lipinski definition) is 10. The highest BCUT2D eigenvalue weighted by atomic mass is 16.6. The van der Waals surface area contributed by atoms with Gasteiger partial charge in [0.15, 0.2) is 0 Å². The van der Waals surface area contributed by atoms with Crippen molar-refractivity contribution in [3.8, 4) is 23.0 Å². The van der Waals surface area contributed by atoms with E-state index in [-0.39, 0.29) is 11.5 Å². The Morgan fingerprint density at radius 3 is 1.28 bits per heavy atom. The summed E-state index contributed by atoms with van der Waals surface area (Å²) in [4.78, 5) is 8.47. The molecule has 0 aliphatic heterocycles. The Morgan fingerprint density at radius 2 is 0.944 bits per heavy atom. The van der Waals surface area contributed by atoms with E-state index in [9.17, 15) is 10.2 Å². The van der Waals surface area contributed by atoms with Crippen molar-refractivity contribution in [2.75, 3.05) is 80.2 Å². The van der Waals surface area contributed by atoms with Gasteiger partial charge in [0.1, 0.15) is 23.0 Å². The molecule has 2 aromatic rings. The van der Waals surface area contributed by atoms with E-state index in [4.69, 9.17) is 28.4 Å². The number of aromatic hydroxyl groups is 2. The van der Waals surface area contributed by atoms with Crippen molar-refractivity contribution in [1.82, 2.24) is 0 Å².